The number of hydrogen-bond donors (Lipinski definition) is 1. The molecule has 3 rings (SSSR count). The fraction of sp³-hybridized carbons (Fsp3) is 0.316. The summed E-state index contributed by atoms with van der Waals surface area (Å²) < 4.78 is 10.8. The molecule has 0 saturated carbocycles. The second-order valence-corrected chi connectivity index (χ2v) is 6.09. The van der Waals surface area contributed by atoms with Crippen LogP contribution in [0.4, 0.5) is 0 Å². The molecule has 5 heteroatoms. The zero-order chi connectivity index (χ0) is 17.1. The number of carbonyl (C=O) groups is 1. The summed E-state index contributed by atoms with van der Waals surface area (Å²) in [6, 6.07) is 11.5. The molecule has 0 bridgehead atoms. The number of benzene rings is 2. The van der Waals surface area contributed by atoms with E-state index in [2.05, 4.69) is 17.4 Å². The van der Waals surface area contributed by atoms with Crippen molar-refractivity contribution in [2.45, 2.75) is 25.8 Å². The van der Waals surface area contributed by atoms with E-state index in [1.54, 1.807) is 12.1 Å². The van der Waals surface area contributed by atoms with Gasteiger partial charge in [0.2, 0.25) is 0 Å². The van der Waals surface area contributed by atoms with Crippen molar-refractivity contribution in [2.75, 3.05) is 13.7 Å². The van der Waals surface area contributed by atoms with Gasteiger partial charge in [0.05, 0.1) is 24.8 Å². The van der Waals surface area contributed by atoms with Gasteiger partial charge in [0.1, 0.15) is 0 Å². The fourth-order valence-corrected chi connectivity index (χ4v) is 3.35. The Morgan fingerprint density at radius 3 is 2.88 bits per heavy atom. The van der Waals surface area contributed by atoms with Crippen molar-refractivity contribution in [3.05, 3.63) is 58.1 Å². The molecule has 0 heterocycles. The predicted octanol–water partition coefficient (Wildman–Crippen LogP) is 4.16. The average molecular weight is 346 g/mol. The quantitative estimate of drug-likeness (QED) is 0.885. The van der Waals surface area contributed by atoms with Crippen molar-refractivity contribution in [1.82, 2.24) is 5.32 Å². The van der Waals surface area contributed by atoms with Gasteiger partial charge in [-0.2, -0.15) is 0 Å². The highest BCUT2D eigenvalue weighted by Gasteiger charge is 2.24. The first kappa shape index (κ1) is 16.7. The van der Waals surface area contributed by atoms with Gasteiger partial charge in [-0.1, -0.05) is 35.9 Å². The van der Waals surface area contributed by atoms with Crippen LogP contribution in [0.3, 0.4) is 0 Å². The van der Waals surface area contributed by atoms with Crippen LogP contribution in [-0.4, -0.2) is 19.6 Å². The maximum atomic E-state index is 12.6. The lowest BCUT2D eigenvalue weighted by Crippen LogP contribution is -2.27. The Morgan fingerprint density at radius 1 is 1.33 bits per heavy atom. The molecule has 0 aliphatic heterocycles. The molecule has 1 N–H and O–H groups in total. The van der Waals surface area contributed by atoms with Crippen molar-refractivity contribution in [2.24, 2.45) is 0 Å². The van der Waals surface area contributed by atoms with E-state index in [9.17, 15) is 4.79 Å². The van der Waals surface area contributed by atoms with E-state index >= 15 is 0 Å². The Morgan fingerprint density at radius 2 is 2.12 bits per heavy atom. The van der Waals surface area contributed by atoms with Crippen LogP contribution in [0.25, 0.3) is 0 Å². The number of rotatable bonds is 5. The monoisotopic (exact) mass is 345 g/mol. The van der Waals surface area contributed by atoms with Crippen LogP contribution < -0.4 is 14.8 Å². The second-order valence-electron chi connectivity index (χ2n) is 5.69. The molecule has 1 aliphatic rings. The number of methoxy groups -OCH3 is 1. The first-order valence-electron chi connectivity index (χ1n) is 8.03. The number of fused-ring (bicyclic) bond motifs is 1. The van der Waals surface area contributed by atoms with E-state index in [-0.39, 0.29) is 11.9 Å². The van der Waals surface area contributed by atoms with Gasteiger partial charge in [-0.05, 0) is 43.0 Å². The average Bonchev–Trinajstić information content (AvgIpc) is 2.99. The van der Waals surface area contributed by atoms with Crippen LogP contribution in [0.1, 0.15) is 40.9 Å². The molecule has 2 aromatic rings. The molecule has 0 aromatic heterocycles. The summed E-state index contributed by atoms with van der Waals surface area (Å²) in [5.74, 6) is 0.755. The van der Waals surface area contributed by atoms with E-state index in [1.807, 2.05) is 19.1 Å². The van der Waals surface area contributed by atoms with Gasteiger partial charge in [-0.3, -0.25) is 4.79 Å². The Balaban J connectivity index is 1.82. The molecule has 126 valence electrons. The van der Waals surface area contributed by atoms with Crippen LogP contribution in [-0.2, 0) is 6.42 Å². The van der Waals surface area contributed by atoms with Gasteiger partial charge in [-0.15, -0.1) is 0 Å². The summed E-state index contributed by atoms with van der Waals surface area (Å²) in [7, 11) is 1.53. The van der Waals surface area contributed by atoms with Crippen LogP contribution in [0.2, 0.25) is 5.02 Å². The van der Waals surface area contributed by atoms with Crippen LogP contribution in [0.5, 0.6) is 11.5 Å². The summed E-state index contributed by atoms with van der Waals surface area (Å²) >= 11 is 6.25. The molecular formula is C19H20ClNO3. The highest BCUT2D eigenvalue weighted by Crippen LogP contribution is 2.37. The van der Waals surface area contributed by atoms with Gasteiger partial charge in [0, 0.05) is 5.56 Å². The highest BCUT2D eigenvalue weighted by molar-refractivity contribution is 6.32. The van der Waals surface area contributed by atoms with Gasteiger partial charge in [0.15, 0.2) is 11.5 Å². The lowest BCUT2D eigenvalue weighted by atomic mass is 10.1. The van der Waals surface area contributed by atoms with E-state index in [0.717, 1.165) is 12.8 Å². The minimum absolute atomic E-state index is 0.0324. The zero-order valence-corrected chi connectivity index (χ0v) is 14.5. The van der Waals surface area contributed by atoms with Crippen LogP contribution in [0, 0.1) is 0 Å². The lowest BCUT2D eigenvalue weighted by Gasteiger charge is -2.16. The molecular weight excluding hydrogens is 326 g/mol. The van der Waals surface area contributed by atoms with Gasteiger partial charge < -0.3 is 14.8 Å². The fourth-order valence-electron chi connectivity index (χ4n) is 3.08. The number of nitrogens with one attached hydrogen (secondary N) is 1. The third kappa shape index (κ3) is 3.20. The van der Waals surface area contributed by atoms with Crippen molar-refractivity contribution < 1.29 is 14.3 Å². The second kappa shape index (κ2) is 7.14. The molecule has 1 aliphatic carbocycles. The molecule has 0 unspecified atom stereocenters. The maximum Gasteiger partial charge on any atom is 0.251 e. The Labute approximate surface area is 146 Å². The molecule has 0 fully saturated rings. The van der Waals surface area contributed by atoms with Gasteiger partial charge >= 0.3 is 0 Å². The number of carbonyl (C=O) groups excluding carboxylic acids is 1. The SMILES string of the molecule is CCOc1c(Cl)cc(C(=O)N[C@@H]2CCc3ccccc32)cc1OC. The van der Waals surface area contributed by atoms with Gasteiger partial charge in [-0.25, -0.2) is 0 Å². The van der Waals surface area contributed by atoms with Crippen molar-refractivity contribution in [1.29, 1.82) is 0 Å². The lowest BCUT2D eigenvalue weighted by molar-refractivity contribution is 0.0936. The van der Waals surface area contributed by atoms with E-state index in [1.165, 1.54) is 18.2 Å². The summed E-state index contributed by atoms with van der Waals surface area (Å²) in [4.78, 5) is 12.6. The molecule has 0 spiro atoms. The highest BCUT2D eigenvalue weighted by atomic mass is 35.5. The smallest absolute Gasteiger partial charge is 0.251 e. The molecule has 4 nitrogen and oxygen atoms in total. The normalized spacial score (nSPS) is 15.7. The summed E-state index contributed by atoms with van der Waals surface area (Å²) in [6.07, 6.45) is 1.89. The number of amides is 1. The molecule has 0 saturated heterocycles. The molecule has 1 amide bonds. The third-order valence-corrected chi connectivity index (χ3v) is 4.50. The Bertz CT molecular complexity index is 760. The van der Waals surface area contributed by atoms with Crippen molar-refractivity contribution >= 4 is 17.5 Å². The summed E-state index contributed by atoms with van der Waals surface area (Å²) in [5.41, 5.74) is 2.95. The zero-order valence-electron chi connectivity index (χ0n) is 13.8. The van der Waals surface area contributed by atoms with E-state index in [4.69, 9.17) is 21.1 Å². The first-order valence-corrected chi connectivity index (χ1v) is 8.40. The summed E-state index contributed by atoms with van der Waals surface area (Å²) in [5, 5.41) is 3.46. The first-order chi connectivity index (χ1) is 11.6. The molecule has 0 radical (unpaired) electrons. The van der Waals surface area contributed by atoms with E-state index < -0.39 is 0 Å². The minimum atomic E-state index is -0.167. The van der Waals surface area contributed by atoms with E-state index in [0.29, 0.717) is 28.7 Å². The minimum Gasteiger partial charge on any atom is -0.493 e. The Kier molecular flexibility index (Phi) is 4.95. The number of aryl methyl sites for hydroxylation is 1. The standard InChI is InChI=1S/C19H20ClNO3/c1-3-24-18-15(20)10-13(11-17(18)23-2)19(22)21-16-9-8-12-6-4-5-7-14(12)16/h4-7,10-11,16H,3,8-9H2,1-2H3,(H,21,22)/t16-/m1/s1. The maximum absolute atomic E-state index is 12.6. The molecule has 1 atom stereocenters. The van der Waals surface area contributed by atoms with Crippen LogP contribution >= 0.6 is 11.6 Å². The largest absolute Gasteiger partial charge is 0.493 e. The predicted molar refractivity (Wildman–Crippen MR) is 94.1 cm³/mol. The third-order valence-electron chi connectivity index (χ3n) is 4.22. The van der Waals surface area contributed by atoms with Crippen molar-refractivity contribution in [3.63, 3.8) is 0 Å². The molecule has 2 aromatic carbocycles. The number of hydrogen-bond acceptors (Lipinski definition) is 3. The number of ether oxygens (including phenoxy) is 2. The summed E-state index contributed by atoms with van der Waals surface area (Å²) in [6.45, 7) is 2.34. The Hall–Kier alpha value is -2.20. The molecule has 24 heavy (non-hydrogen) atoms. The van der Waals surface area contributed by atoms with Crippen LogP contribution in [0.15, 0.2) is 36.4 Å². The van der Waals surface area contributed by atoms with Crippen molar-refractivity contribution in [3.8, 4) is 11.5 Å². The van der Waals surface area contributed by atoms with Gasteiger partial charge in [0.25, 0.3) is 5.91 Å². The number of halogens is 1. The topological polar surface area (TPSA) is 47.6 Å².